The van der Waals surface area contributed by atoms with E-state index in [9.17, 15) is 9.18 Å². The summed E-state index contributed by atoms with van der Waals surface area (Å²) in [6.07, 6.45) is 0.640. The van der Waals surface area contributed by atoms with Gasteiger partial charge in [0.25, 0.3) is 5.22 Å². The van der Waals surface area contributed by atoms with Gasteiger partial charge >= 0.3 is 0 Å². The van der Waals surface area contributed by atoms with Gasteiger partial charge in [0.15, 0.2) is 0 Å². The van der Waals surface area contributed by atoms with Crippen LogP contribution in [-0.4, -0.2) is 27.9 Å². The van der Waals surface area contributed by atoms with E-state index in [0.717, 1.165) is 16.7 Å². The van der Waals surface area contributed by atoms with Gasteiger partial charge in [0.2, 0.25) is 11.8 Å². The summed E-state index contributed by atoms with van der Waals surface area (Å²) in [7, 11) is 0. The molecule has 0 aliphatic carbocycles. The fourth-order valence-corrected chi connectivity index (χ4v) is 3.11. The predicted molar refractivity (Wildman–Crippen MR) is 103 cm³/mol. The minimum Gasteiger partial charge on any atom is -0.411 e. The lowest BCUT2D eigenvalue weighted by Crippen LogP contribution is -2.32. The molecule has 5 nitrogen and oxygen atoms in total. The number of amides is 1. The van der Waals surface area contributed by atoms with E-state index >= 15 is 0 Å². The van der Waals surface area contributed by atoms with Crippen LogP contribution < -0.4 is 5.32 Å². The maximum absolute atomic E-state index is 12.9. The number of halogens is 1. The predicted octanol–water partition coefficient (Wildman–Crippen LogP) is 4.02. The van der Waals surface area contributed by atoms with Crippen molar-refractivity contribution in [3.63, 3.8) is 0 Å². The number of aryl methyl sites for hydroxylation is 1. The summed E-state index contributed by atoms with van der Waals surface area (Å²) in [5.74, 6) is 0.0518. The zero-order valence-electron chi connectivity index (χ0n) is 15.1. The Balaban J connectivity index is 1.49. The minimum absolute atomic E-state index is 0.114. The van der Waals surface area contributed by atoms with Gasteiger partial charge in [0, 0.05) is 12.1 Å². The van der Waals surface area contributed by atoms with Gasteiger partial charge in [0.1, 0.15) is 5.82 Å². The highest BCUT2D eigenvalue weighted by Crippen LogP contribution is 2.26. The molecule has 1 atom stereocenters. The van der Waals surface area contributed by atoms with Crippen LogP contribution in [0.15, 0.2) is 58.2 Å². The molecule has 1 heterocycles. The van der Waals surface area contributed by atoms with E-state index in [1.54, 1.807) is 19.1 Å². The van der Waals surface area contributed by atoms with Crippen LogP contribution in [0.3, 0.4) is 0 Å². The van der Waals surface area contributed by atoms with E-state index in [1.807, 2.05) is 31.2 Å². The molecule has 140 valence electrons. The average Bonchev–Trinajstić information content (AvgIpc) is 3.12. The Morgan fingerprint density at radius 2 is 1.85 bits per heavy atom. The molecule has 0 aliphatic heterocycles. The number of carbonyl (C=O) groups is 1. The van der Waals surface area contributed by atoms with Gasteiger partial charge < -0.3 is 9.73 Å². The second-order valence-electron chi connectivity index (χ2n) is 6.17. The molecule has 0 spiro atoms. The lowest BCUT2D eigenvalue weighted by molar-refractivity contribution is -0.120. The second kappa shape index (κ2) is 8.81. The largest absolute Gasteiger partial charge is 0.411 e. The van der Waals surface area contributed by atoms with Crippen LogP contribution in [0, 0.1) is 12.7 Å². The molecule has 1 aromatic heterocycles. The smallest absolute Gasteiger partial charge is 0.277 e. The Labute approximate surface area is 161 Å². The van der Waals surface area contributed by atoms with Crippen LogP contribution in [0.1, 0.15) is 18.1 Å². The molecule has 3 rings (SSSR count). The summed E-state index contributed by atoms with van der Waals surface area (Å²) < 4.78 is 18.5. The molecule has 0 bridgehead atoms. The molecular weight excluding hydrogens is 365 g/mol. The number of aromatic nitrogens is 2. The van der Waals surface area contributed by atoms with Gasteiger partial charge in [0.05, 0.1) is 5.25 Å². The summed E-state index contributed by atoms with van der Waals surface area (Å²) in [6.45, 7) is 4.27. The van der Waals surface area contributed by atoms with Gasteiger partial charge in [-0.05, 0) is 50.1 Å². The summed E-state index contributed by atoms with van der Waals surface area (Å²) in [6, 6.07) is 14.0. The molecule has 3 aromatic rings. The van der Waals surface area contributed by atoms with Gasteiger partial charge in [-0.3, -0.25) is 4.79 Å². The molecular formula is C20H20FN3O2S. The Hall–Kier alpha value is -2.67. The van der Waals surface area contributed by atoms with Gasteiger partial charge in [-0.1, -0.05) is 41.6 Å². The van der Waals surface area contributed by atoms with E-state index < -0.39 is 0 Å². The molecule has 0 unspecified atom stereocenters. The normalized spacial score (nSPS) is 12.0. The van der Waals surface area contributed by atoms with Crippen LogP contribution in [0.2, 0.25) is 0 Å². The van der Waals surface area contributed by atoms with Crippen molar-refractivity contribution in [1.29, 1.82) is 0 Å². The first kappa shape index (κ1) is 19.1. The molecule has 0 saturated carbocycles. The number of thioether (sulfide) groups is 1. The molecule has 0 aliphatic rings. The van der Waals surface area contributed by atoms with Crippen molar-refractivity contribution in [3.05, 3.63) is 65.5 Å². The number of benzene rings is 2. The molecule has 0 radical (unpaired) electrons. The first-order valence-corrected chi connectivity index (χ1v) is 9.48. The maximum atomic E-state index is 12.9. The van der Waals surface area contributed by atoms with Crippen LogP contribution in [0.25, 0.3) is 11.5 Å². The fourth-order valence-electron chi connectivity index (χ4n) is 2.40. The molecule has 1 N–H and O–H groups in total. The summed E-state index contributed by atoms with van der Waals surface area (Å²) >= 11 is 1.22. The fraction of sp³-hybridized carbons (Fsp3) is 0.250. The second-order valence-corrected chi connectivity index (χ2v) is 7.46. The molecule has 2 aromatic carbocycles. The third-order valence-corrected chi connectivity index (χ3v) is 4.91. The Bertz CT molecular complexity index is 894. The van der Waals surface area contributed by atoms with Crippen molar-refractivity contribution in [1.82, 2.24) is 15.5 Å². The number of hydrogen-bond donors (Lipinski definition) is 1. The number of nitrogens with zero attached hydrogens (tertiary/aromatic N) is 2. The van der Waals surface area contributed by atoms with Crippen LogP contribution in [-0.2, 0) is 11.2 Å². The lowest BCUT2D eigenvalue weighted by Gasteiger charge is -2.09. The van der Waals surface area contributed by atoms with E-state index in [2.05, 4.69) is 15.5 Å². The number of carbonyl (C=O) groups excluding carboxylic acids is 1. The van der Waals surface area contributed by atoms with Crippen molar-refractivity contribution in [3.8, 4) is 11.5 Å². The summed E-state index contributed by atoms with van der Waals surface area (Å²) in [5, 5.41) is 10.9. The average molecular weight is 385 g/mol. The third kappa shape index (κ3) is 5.40. The molecule has 7 heteroatoms. The molecule has 0 fully saturated rings. The van der Waals surface area contributed by atoms with E-state index in [0.29, 0.717) is 24.1 Å². The Kier molecular flexibility index (Phi) is 6.24. The minimum atomic E-state index is -0.371. The Morgan fingerprint density at radius 3 is 2.56 bits per heavy atom. The lowest BCUT2D eigenvalue weighted by atomic mass is 10.1. The Morgan fingerprint density at radius 1 is 1.15 bits per heavy atom. The van der Waals surface area contributed by atoms with Crippen molar-refractivity contribution < 1.29 is 13.6 Å². The summed E-state index contributed by atoms with van der Waals surface area (Å²) in [4.78, 5) is 12.2. The third-order valence-electron chi connectivity index (χ3n) is 3.98. The standard InChI is InChI=1S/C20H20FN3O2S/c1-13-3-7-16(8-4-13)19-23-24-20(26-19)27-14(2)18(25)22-12-11-15-5-9-17(21)10-6-15/h3-10,14H,11-12H2,1-2H3,(H,22,25)/t14-/m0/s1. The van der Waals surface area contributed by atoms with Gasteiger partial charge in [-0.25, -0.2) is 4.39 Å². The van der Waals surface area contributed by atoms with E-state index in [-0.39, 0.29) is 17.0 Å². The van der Waals surface area contributed by atoms with Gasteiger partial charge in [-0.2, -0.15) is 0 Å². The van der Waals surface area contributed by atoms with Crippen molar-refractivity contribution in [2.45, 2.75) is 30.7 Å². The van der Waals surface area contributed by atoms with Crippen LogP contribution in [0.5, 0.6) is 0 Å². The number of rotatable bonds is 7. The highest BCUT2D eigenvalue weighted by atomic mass is 32.2. The molecule has 0 saturated heterocycles. The van der Waals surface area contributed by atoms with Gasteiger partial charge in [-0.15, -0.1) is 10.2 Å². The van der Waals surface area contributed by atoms with Crippen molar-refractivity contribution in [2.24, 2.45) is 0 Å². The molecule has 1 amide bonds. The number of hydrogen-bond acceptors (Lipinski definition) is 5. The van der Waals surface area contributed by atoms with Crippen LogP contribution in [0.4, 0.5) is 4.39 Å². The first-order valence-electron chi connectivity index (χ1n) is 8.60. The molecule has 27 heavy (non-hydrogen) atoms. The highest BCUT2D eigenvalue weighted by Gasteiger charge is 2.18. The highest BCUT2D eigenvalue weighted by molar-refractivity contribution is 8.00. The maximum Gasteiger partial charge on any atom is 0.277 e. The van der Waals surface area contributed by atoms with Crippen molar-refractivity contribution in [2.75, 3.05) is 6.54 Å². The van der Waals surface area contributed by atoms with Crippen molar-refractivity contribution >= 4 is 17.7 Å². The topological polar surface area (TPSA) is 68.0 Å². The first-order chi connectivity index (χ1) is 13.0. The van der Waals surface area contributed by atoms with E-state index in [4.69, 9.17) is 4.42 Å². The monoisotopic (exact) mass is 385 g/mol. The number of nitrogens with one attached hydrogen (secondary N) is 1. The summed E-state index contributed by atoms with van der Waals surface area (Å²) in [5.41, 5.74) is 2.96. The SMILES string of the molecule is Cc1ccc(-c2nnc(S[C@@H](C)C(=O)NCCc3ccc(F)cc3)o2)cc1. The zero-order chi connectivity index (χ0) is 19.2. The zero-order valence-corrected chi connectivity index (χ0v) is 15.9. The quantitative estimate of drug-likeness (QED) is 0.622. The van der Waals surface area contributed by atoms with Crippen LogP contribution >= 0.6 is 11.8 Å². The van der Waals surface area contributed by atoms with E-state index in [1.165, 1.54) is 23.9 Å².